The van der Waals surface area contributed by atoms with Crippen molar-refractivity contribution in [2.75, 3.05) is 18.0 Å². The molecule has 2 amide bonds. The number of sulfonamides is 1. The van der Waals surface area contributed by atoms with Crippen molar-refractivity contribution in [2.24, 2.45) is 0 Å². The van der Waals surface area contributed by atoms with Gasteiger partial charge in [-0.1, -0.05) is 61.8 Å². The van der Waals surface area contributed by atoms with Gasteiger partial charge in [0.15, 0.2) is 0 Å². The number of anilines is 1. The number of amides is 2. The number of methoxy groups -OCH3 is 1. The zero-order chi connectivity index (χ0) is 29.3. The molecule has 40 heavy (non-hydrogen) atoms. The Kier molecular flexibility index (Phi) is 11.0. The molecule has 3 aromatic rings. The van der Waals surface area contributed by atoms with Crippen molar-refractivity contribution >= 4 is 39.1 Å². The number of halogens is 1. The number of hydrogen-bond donors (Lipinski definition) is 1. The molecule has 0 saturated heterocycles. The van der Waals surface area contributed by atoms with Crippen molar-refractivity contribution in [3.05, 3.63) is 89.4 Å². The van der Waals surface area contributed by atoms with Crippen LogP contribution in [0.15, 0.2) is 83.8 Å². The summed E-state index contributed by atoms with van der Waals surface area (Å²) in [4.78, 5) is 28.9. The molecule has 214 valence electrons. The number of carbonyl (C=O) groups is 2. The highest BCUT2D eigenvalue weighted by Crippen LogP contribution is 2.27. The van der Waals surface area contributed by atoms with Crippen LogP contribution < -0.4 is 14.4 Å². The van der Waals surface area contributed by atoms with Gasteiger partial charge in [0.2, 0.25) is 11.8 Å². The average Bonchev–Trinajstić information content (AvgIpc) is 2.96. The van der Waals surface area contributed by atoms with Crippen molar-refractivity contribution in [1.82, 2.24) is 10.2 Å². The van der Waals surface area contributed by atoms with Gasteiger partial charge in [0.05, 0.1) is 17.7 Å². The number of benzene rings is 3. The van der Waals surface area contributed by atoms with Crippen molar-refractivity contribution < 1.29 is 22.7 Å². The van der Waals surface area contributed by atoms with Crippen LogP contribution in [0.2, 0.25) is 5.02 Å². The van der Waals surface area contributed by atoms with E-state index in [1.807, 2.05) is 26.8 Å². The van der Waals surface area contributed by atoms with Crippen LogP contribution in [0.4, 0.5) is 5.69 Å². The fourth-order valence-corrected chi connectivity index (χ4v) is 5.82. The number of nitrogens with one attached hydrogen (secondary N) is 1. The van der Waals surface area contributed by atoms with Crippen LogP contribution in [-0.2, 0) is 26.2 Å². The normalized spacial score (nSPS) is 12.7. The van der Waals surface area contributed by atoms with Crippen molar-refractivity contribution in [3.8, 4) is 5.75 Å². The first-order valence-electron chi connectivity index (χ1n) is 13.2. The molecule has 0 aromatic heterocycles. The third-order valence-electron chi connectivity index (χ3n) is 6.58. The highest BCUT2D eigenvalue weighted by atomic mass is 35.5. The first kappa shape index (κ1) is 31.0. The van der Waals surface area contributed by atoms with Crippen LogP contribution in [0.3, 0.4) is 0 Å². The summed E-state index contributed by atoms with van der Waals surface area (Å²) in [5.74, 6) is -0.226. The number of hydrogen-bond acceptors (Lipinski definition) is 5. The second-order valence-electron chi connectivity index (χ2n) is 9.42. The summed E-state index contributed by atoms with van der Waals surface area (Å²) >= 11 is 6.21. The molecule has 3 rings (SSSR count). The summed E-state index contributed by atoms with van der Waals surface area (Å²) in [5, 5.41) is 3.29. The quantitative estimate of drug-likeness (QED) is 0.295. The van der Waals surface area contributed by atoms with E-state index < -0.39 is 28.5 Å². The maximum absolute atomic E-state index is 14.1. The van der Waals surface area contributed by atoms with E-state index in [0.29, 0.717) is 17.2 Å². The van der Waals surface area contributed by atoms with E-state index >= 15 is 0 Å². The van der Waals surface area contributed by atoms with E-state index in [2.05, 4.69) is 5.32 Å². The molecular weight excluding hydrogens is 550 g/mol. The van der Waals surface area contributed by atoms with Gasteiger partial charge in [0.1, 0.15) is 18.3 Å². The molecule has 0 bridgehead atoms. The van der Waals surface area contributed by atoms with E-state index in [9.17, 15) is 18.0 Å². The van der Waals surface area contributed by atoms with E-state index in [4.69, 9.17) is 16.3 Å². The minimum atomic E-state index is -4.15. The molecule has 0 aliphatic rings. The monoisotopic (exact) mass is 585 g/mol. The number of rotatable bonds is 13. The Hall–Kier alpha value is -3.56. The molecule has 0 aliphatic carbocycles. The predicted molar refractivity (Wildman–Crippen MR) is 158 cm³/mol. The highest BCUT2D eigenvalue weighted by molar-refractivity contribution is 7.92. The summed E-state index contributed by atoms with van der Waals surface area (Å²) in [6.07, 6.45) is 1.06. The van der Waals surface area contributed by atoms with Gasteiger partial charge < -0.3 is 15.0 Å². The second kappa shape index (κ2) is 14.2. The molecule has 8 nitrogen and oxygen atoms in total. The SMILES string of the molecule is CC[C@H](C(=O)N[C@@H](C)CC)N(Cc1cccc(OC)c1)C(=O)CN(c1cccc(Cl)c1)S(=O)(=O)c1ccccc1. The van der Waals surface area contributed by atoms with Crippen LogP contribution in [0.25, 0.3) is 0 Å². The first-order valence-corrected chi connectivity index (χ1v) is 15.0. The van der Waals surface area contributed by atoms with Crippen molar-refractivity contribution in [3.63, 3.8) is 0 Å². The Morgan fingerprint density at radius 2 is 1.65 bits per heavy atom. The number of ether oxygens (including phenoxy) is 1. The second-order valence-corrected chi connectivity index (χ2v) is 11.7. The first-order chi connectivity index (χ1) is 19.1. The van der Waals surface area contributed by atoms with Crippen LogP contribution >= 0.6 is 11.6 Å². The largest absolute Gasteiger partial charge is 0.497 e. The van der Waals surface area contributed by atoms with Gasteiger partial charge in [-0.25, -0.2) is 8.42 Å². The van der Waals surface area contributed by atoms with Crippen LogP contribution in [-0.4, -0.2) is 50.9 Å². The van der Waals surface area contributed by atoms with E-state index in [1.165, 1.54) is 23.1 Å². The summed E-state index contributed by atoms with van der Waals surface area (Å²) in [6, 6.07) is 20.5. The summed E-state index contributed by atoms with van der Waals surface area (Å²) in [7, 11) is -2.60. The Labute approximate surface area is 241 Å². The van der Waals surface area contributed by atoms with Crippen LogP contribution in [0, 0.1) is 0 Å². The summed E-state index contributed by atoms with van der Waals surface area (Å²) in [5.41, 5.74) is 0.978. The molecule has 0 spiro atoms. The fourth-order valence-electron chi connectivity index (χ4n) is 4.21. The van der Waals surface area contributed by atoms with E-state index in [-0.39, 0.29) is 29.1 Å². The van der Waals surface area contributed by atoms with Crippen molar-refractivity contribution in [1.29, 1.82) is 0 Å². The molecule has 0 heterocycles. The average molecular weight is 586 g/mol. The fraction of sp³-hybridized carbons (Fsp3) is 0.333. The lowest BCUT2D eigenvalue weighted by Crippen LogP contribution is -2.53. The molecule has 0 aliphatic heterocycles. The lowest BCUT2D eigenvalue weighted by atomic mass is 10.1. The lowest BCUT2D eigenvalue weighted by Gasteiger charge is -2.33. The van der Waals surface area contributed by atoms with Gasteiger partial charge >= 0.3 is 0 Å². The smallest absolute Gasteiger partial charge is 0.264 e. The summed E-state index contributed by atoms with van der Waals surface area (Å²) in [6.45, 7) is 5.22. The molecule has 0 fully saturated rings. The third-order valence-corrected chi connectivity index (χ3v) is 8.60. The topological polar surface area (TPSA) is 96.0 Å². The molecule has 0 unspecified atom stereocenters. The van der Waals surface area contributed by atoms with Gasteiger partial charge in [0, 0.05) is 17.6 Å². The molecular formula is C30H36ClN3O5S. The summed E-state index contributed by atoms with van der Waals surface area (Å²) < 4.78 is 34.0. The van der Waals surface area contributed by atoms with Crippen molar-refractivity contribution in [2.45, 2.75) is 57.1 Å². The molecule has 2 atom stereocenters. The molecule has 3 aromatic carbocycles. The molecule has 0 radical (unpaired) electrons. The van der Waals surface area contributed by atoms with Gasteiger partial charge in [-0.3, -0.25) is 13.9 Å². The van der Waals surface area contributed by atoms with E-state index in [0.717, 1.165) is 16.3 Å². The molecule has 10 heteroatoms. The Balaban J connectivity index is 2.06. The Bertz CT molecular complexity index is 1400. The van der Waals surface area contributed by atoms with Crippen LogP contribution in [0.1, 0.15) is 39.2 Å². The Morgan fingerprint density at radius 1 is 0.950 bits per heavy atom. The zero-order valence-corrected chi connectivity index (χ0v) is 24.8. The Morgan fingerprint density at radius 3 is 2.27 bits per heavy atom. The molecule has 1 N–H and O–H groups in total. The third kappa shape index (κ3) is 7.76. The predicted octanol–water partition coefficient (Wildman–Crippen LogP) is 5.27. The van der Waals surface area contributed by atoms with Gasteiger partial charge in [-0.15, -0.1) is 0 Å². The number of nitrogens with zero attached hydrogens (tertiary/aromatic N) is 2. The molecule has 0 saturated carbocycles. The minimum Gasteiger partial charge on any atom is -0.497 e. The maximum atomic E-state index is 14.1. The number of carbonyl (C=O) groups excluding carboxylic acids is 2. The minimum absolute atomic E-state index is 0.0312. The van der Waals surface area contributed by atoms with Gasteiger partial charge in [0.25, 0.3) is 10.0 Å². The lowest BCUT2D eigenvalue weighted by molar-refractivity contribution is -0.140. The van der Waals surface area contributed by atoms with Gasteiger partial charge in [-0.2, -0.15) is 0 Å². The van der Waals surface area contributed by atoms with Crippen LogP contribution in [0.5, 0.6) is 5.75 Å². The standard InChI is InChI=1S/C30H36ClN3O5S/c1-5-22(3)32-30(36)28(6-2)33(20-23-12-10-15-26(18-23)39-4)29(35)21-34(25-14-11-13-24(31)19-25)40(37,38)27-16-8-7-9-17-27/h7-19,22,28H,5-6,20-21H2,1-4H3,(H,32,36)/t22-,28+/m0/s1. The van der Waals surface area contributed by atoms with Gasteiger partial charge in [-0.05, 0) is 67.8 Å². The zero-order valence-electron chi connectivity index (χ0n) is 23.2. The van der Waals surface area contributed by atoms with E-state index in [1.54, 1.807) is 61.7 Å². The maximum Gasteiger partial charge on any atom is 0.264 e. The highest BCUT2D eigenvalue weighted by Gasteiger charge is 2.34.